The van der Waals surface area contributed by atoms with E-state index in [0.717, 1.165) is 25.5 Å². The van der Waals surface area contributed by atoms with Gasteiger partial charge in [0.2, 0.25) is 0 Å². The van der Waals surface area contributed by atoms with E-state index >= 15 is 0 Å². The quantitative estimate of drug-likeness (QED) is 0.894. The summed E-state index contributed by atoms with van der Waals surface area (Å²) < 4.78 is 0. The molecule has 0 bridgehead atoms. The van der Waals surface area contributed by atoms with Crippen molar-refractivity contribution in [3.63, 3.8) is 0 Å². The Kier molecular flexibility index (Phi) is 4.23. The van der Waals surface area contributed by atoms with E-state index in [2.05, 4.69) is 27.8 Å². The standard InChI is InChI=1S/C16H20N4/c1-4-15(14-3-2-8-18-12-14)20-16(5-1)19-11-13-6-9-17-10-7-13/h1,4-7,9-10,14,18H,2-3,8,11-12H2,(H,19,20)/t14-/m0/s1. The summed E-state index contributed by atoms with van der Waals surface area (Å²) >= 11 is 0. The van der Waals surface area contributed by atoms with Crippen molar-refractivity contribution in [2.75, 3.05) is 18.4 Å². The van der Waals surface area contributed by atoms with Crippen LogP contribution in [-0.4, -0.2) is 23.1 Å². The monoisotopic (exact) mass is 268 g/mol. The minimum atomic E-state index is 0.548. The van der Waals surface area contributed by atoms with E-state index in [0.29, 0.717) is 5.92 Å². The second-order valence-electron chi connectivity index (χ2n) is 5.20. The van der Waals surface area contributed by atoms with Gasteiger partial charge in [-0.15, -0.1) is 0 Å². The van der Waals surface area contributed by atoms with Gasteiger partial charge in [0.1, 0.15) is 5.82 Å². The van der Waals surface area contributed by atoms with Crippen LogP contribution in [0.5, 0.6) is 0 Å². The highest BCUT2D eigenvalue weighted by molar-refractivity contribution is 5.37. The number of hydrogen-bond donors (Lipinski definition) is 2. The highest BCUT2D eigenvalue weighted by Crippen LogP contribution is 2.22. The Morgan fingerprint density at radius 2 is 2.10 bits per heavy atom. The first kappa shape index (κ1) is 13.1. The lowest BCUT2D eigenvalue weighted by atomic mass is 9.96. The second-order valence-corrected chi connectivity index (χ2v) is 5.20. The molecule has 4 nitrogen and oxygen atoms in total. The van der Waals surface area contributed by atoms with Crippen molar-refractivity contribution < 1.29 is 0 Å². The summed E-state index contributed by atoms with van der Waals surface area (Å²) in [6, 6.07) is 10.3. The summed E-state index contributed by atoms with van der Waals surface area (Å²) in [6.45, 7) is 2.96. The number of rotatable bonds is 4. The van der Waals surface area contributed by atoms with Crippen LogP contribution in [0.1, 0.15) is 30.0 Å². The molecule has 1 aliphatic heterocycles. The third-order valence-electron chi connectivity index (χ3n) is 3.71. The lowest BCUT2D eigenvalue weighted by molar-refractivity contribution is 0.455. The van der Waals surface area contributed by atoms with Gasteiger partial charge in [-0.1, -0.05) is 6.07 Å². The van der Waals surface area contributed by atoms with E-state index in [-0.39, 0.29) is 0 Å². The molecular formula is C16H20N4. The smallest absolute Gasteiger partial charge is 0.126 e. The topological polar surface area (TPSA) is 49.8 Å². The number of pyridine rings is 2. The first-order chi connectivity index (χ1) is 9.92. The minimum absolute atomic E-state index is 0.548. The van der Waals surface area contributed by atoms with E-state index < -0.39 is 0 Å². The Morgan fingerprint density at radius 1 is 1.20 bits per heavy atom. The number of aromatic nitrogens is 2. The molecule has 20 heavy (non-hydrogen) atoms. The summed E-state index contributed by atoms with van der Waals surface area (Å²) in [6.07, 6.45) is 6.10. The molecule has 3 heterocycles. The lowest BCUT2D eigenvalue weighted by Crippen LogP contribution is -2.28. The van der Waals surface area contributed by atoms with Crippen LogP contribution in [0.2, 0.25) is 0 Å². The minimum Gasteiger partial charge on any atom is -0.366 e. The fraction of sp³-hybridized carbons (Fsp3) is 0.375. The first-order valence-corrected chi connectivity index (χ1v) is 7.22. The Hall–Kier alpha value is -1.94. The van der Waals surface area contributed by atoms with Crippen LogP contribution in [0, 0.1) is 0 Å². The number of nitrogens with zero attached hydrogens (tertiary/aromatic N) is 2. The van der Waals surface area contributed by atoms with Crippen LogP contribution in [0.25, 0.3) is 0 Å². The summed E-state index contributed by atoms with van der Waals surface area (Å²) in [4.78, 5) is 8.77. The number of hydrogen-bond acceptors (Lipinski definition) is 4. The van der Waals surface area contributed by atoms with E-state index in [1.807, 2.05) is 30.6 Å². The van der Waals surface area contributed by atoms with E-state index in [1.165, 1.54) is 24.1 Å². The Balaban J connectivity index is 1.65. The molecule has 0 aromatic carbocycles. The molecule has 2 N–H and O–H groups in total. The van der Waals surface area contributed by atoms with Crippen LogP contribution in [0.4, 0.5) is 5.82 Å². The lowest BCUT2D eigenvalue weighted by Gasteiger charge is -2.22. The van der Waals surface area contributed by atoms with Crippen LogP contribution in [0.3, 0.4) is 0 Å². The molecule has 0 saturated carbocycles. The molecule has 0 radical (unpaired) electrons. The summed E-state index contributed by atoms with van der Waals surface area (Å²) in [5.74, 6) is 1.50. The Morgan fingerprint density at radius 3 is 2.90 bits per heavy atom. The van der Waals surface area contributed by atoms with Crippen molar-refractivity contribution in [3.8, 4) is 0 Å². The maximum absolute atomic E-state index is 4.74. The van der Waals surface area contributed by atoms with Crippen molar-refractivity contribution in [1.29, 1.82) is 0 Å². The number of piperidine rings is 1. The maximum atomic E-state index is 4.74. The van der Waals surface area contributed by atoms with E-state index in [9.17, 15) is 0 Å². The molecule has 1 atom stereocenters. The third-order valence-corrected chi connectivity index (χ3v) is 3.71. The largest absolute Gasteiger partial charge is 0.366 e. The van der Waals surface area contributed by atoms with Crippen LogP contribution in [0.15, 0.2) is 42.7 Å². The van der Waals surface area contributed by atoms with Gasteiger partial charge in [0.15, 0.2) is 0 Å². The molecule has 0 unspecified atom stereocenters. The van der Waals surface area contributed by atoms with Crippen LogP contribution in [-0.2, 0) is 6.54 Å². The van der Waals surface area contributed by atoms with E-state index in [4.69, 9.17) is 4.98 Å². The SMILES string of the molecule is c1cc(NCc2ccncc2)nc([C@H]2CCCNC2)c1. The average Bonchev–Trinajstić information content (AvgIpc) is 2.55. The molecular weight excluding hydrogens is 248 g/mol. The molecule has 4 heteroatoms. The van der Waals surface area contributed by atoms with Gasteiger partial charge in [-0.3, -0.25) is 4.98 Å². The second kappa shape index (κ2) is 6.48. The van der Waals surface area contributed by atoms with Gasteiger partial charge in [-0.25, -0.2) is 4.98 Å². The summed E-state index contributed by atoms with van der Waals surface area (Å²) in [7, 11) is 0. The number of anilines is 1. The fourth-order valence-corrected chi connectivity index (χ4v) is 2.57. The highest BCUT2D eigenvalue weighted by Gasteiger charge is 2.16. The predicted octanol–water partition coefficient (Wildman–Crippen LogP) is 2.56. The van der Waals surface area contributed by atoms with Crippen LogP contribution >= 0.6 is 0 Å². The van der Waals surface area contributed by atoms with Gasteiger partial charge < -0.3 is 10.6 Å². The van der Waals surface area contributed by atoms with E-state index in [1.54, 1.807) is 0 Å². The molecule has 2 aromatic heterocycles. The zero-order valence-corrected chi connectivity index (χ0v) is 11.5. The van der Waals surface area contributed by atoms with Gasteiger partial charge in [0, 0.05) is 37.1 Å². The number of nitrogens with one attached hydrogen (secondary N) is 2. The highest BCUT2D eigenvalue weighted by atomic mass is 15.0. The molecule has 0 amide bonds. The Bertz CT molecular complexity index is 535. The first-order valence-electron chi connectivity index (χ1n) is 7.22. The fourth-order valence-electron chi connectivity index (χ4n) is 2.57. The van der Waals surface area contributed by atoms with Crippen molar-refractivity contribution in [2.45, 2.75) is 25.3 Å². The predicted molar refractivity (Wildman–Crippen MR) is 80.6 cm³/mol. The molecule has 1 aliphatic rings. The average molecular weight is 268 g/mol. The molecule has 104 valence electrons. The van der Waals surface area contributed by atoms with Gasteiger partial charge >= 0.3 is 0 Å². The summed E-state index contributed by atoms with van der Waals surface area (Å²) in [5.41, 5.74) is 2.41. The Labute approximate surface area is 119 Å². The van der Waals surface area contributed by atoms with Crippen LogP contribution < -0.4 is 10.6 Å². The molecule has 1 saturated heterocycles. The van der Waals surface area contributed by atoms with Gasteiger partial charge in [-0.05, 0) is 49.2 Å². The summed E-state index contributed by atoms with van der Waals surface area (Å²) in [5, 5.41) is 6.82. The molecule has 0 aliphatic carbocycles. The van der Waals surface area contributed by atoms with Gasteiger partial charge in [0.05, 0.1) is 0 Å². The molecule has 2 aromatic rings. The molecule has 3 rings (SSSR count). The van der Waals surface area contributed by atoms with Crippen molar-refractivity contribution in [3.05, 3.63) is 54.0 Å². The van der Waals surface area contributed by atoms with Crippen molar-refractivity contribution in [1.82, 2.24) is 15.3 Å². The van der Waals surface area contributed by atoms with Crippen molar-refractivity contribution >= 4 is 5.82 Å². The van der Waals surface area contributed by atoms with Gasteiger partial charge in [-0.2, -0.15) is 0 Å². The van der Waals surface area contributed by atoms with Gasteiger partial charge in [0.25, 0.3) is 0 Å². The molecule has 1 fully saturated rings. The third kappa shape index (κ3) is 3.33. The van der Waals surface area contributed by atoms with Crippen molar-refractivity contribution in [2.24, 2.45) is 0 Å². The normalized spacial score (nSPS) is 18.7. The zero-order valence-electron chi connectivity index (χ0n) is 11.5. The zero-order chi connectivity index (χ0) is 13.6. The maximum Gasteiger partial charge on any atom is 0.126 e. The molecule has 0 spiro atoms.